The van der Waals surface area contributed by atoms with Crippen LogP contribution in [-0.2, 0) is 6.61 Å². The summed E-state index contributed by atoms with van der Waals surface area (Å²) in [6, 6.07) is 13.3. The van der Waals surface area contributed by atoms with Gasteiger partial charge in [0.15, 0.2) is 5.75 Å². The minimum absolute atomic E-state index is 0.239. The topological polar surface area (TPSA) is 38.7 Å². The lowest BCUT2D eigenvalue weighted by molar-refractivity contribution is 0.273. The van der Waals surface area contributed by atoms with E-state index in [1.165, 1.54) is 0 Å². The molecular formula is C19H22Cl2O3. The van der Waals surface area contributed by atoms with E-state index in [-0.39, 0.29) is 6.61 Å². The first-order valence-corrected chi connectivity index (χ1v) is 8.85. The summed E-state index contributed by atoms with van der Waals surface area (Å²) in [5.41, 5.74) is 1.08. The fourth-order valence-corrected chi connectivity index (χ4v) is 2.82. The van der Waals surface area contributed by atoms with Crippen LogP contribution in [0.25, 0.3) is 0 Å². The Hall–Kier alpha value is -1.42. The van der Waals surface area contributed by atoms with Crippen molar-refractivity contribution in [2.24, 2.45) is 0 Å². The molecule has 2 rings (SSSR count). The molecule has 130 valence electrons. The Kier molecular flexibility index (Phi) is 8.23. The van der Waals surface area contributed by atoms with Crippen molar-refractivity contribution in [2.45, 2.75) is 32.3 Å². The Morgan fingerprint density at radius 3 is 2.17 bits per heavy atom. The molecule has 0 aliphatic heterocycles. The molecule has 0 amide bonds. The van der Waals surface area contributed by atoms with Crippen LogP contribution >= 0.6 is 23.2 Å². The summed E-state index contributed by atoms with van der Waals surface area (Å²) in [5, 5.41) is 9.63. The van der Waals surface area contributed by atoms with E-state index >= 15 is 0 Å². The lowest BCUT2D eigenvalue weighted by atomic mass is 10.2. The molecule has 0 bridgehead atoms. The predicted octanol–water partition coefficient (Wildman–Crippen LogP) is 5.50. The van der Waals surface area contributed by atoms with Gasteiger partial charge in [-0.15, -0.1) is 0 Å². The third kappa shape index (κ3) is 6.23. The lowest BCUT2D eigenvalue weighted by Gasteiger charge is -2.13. The number of hydrogen-bond acceptors (Lipinski definition) is 3. The number of hydrogen-bond donors (Lipinski definition) is 1. The van der Waals surface area contributed by atoms with Gasteiger partial charge in [0.2, 0.25) is 0 Å². The predicted molar refractivity (Wildman–Crippen MR) is 98.3 cm³/mol. The Labute approximate surface area is 153 Å². The highest BCUT2D eigenvalue weighted by atomic mass is 35.5. The smallest absolute Gasteiger partial charge is 0.156 e. The van der Waals surface area contributed by atoms with E-state index in [0.29, 0.717) is 34.8 Å². The van der Waals surface area contributed by atoms with Crippen LogP contribution in [0.3, 0.4) is 0 Å². The van der Waals surface area contributed by atoms with E-state index in [0.717, 1.165) is 31.2 Å². The molecule has 2 aromatic rings. The summed E-state index contributed by atoms with van der Waals surface area (Å²) < 4.78 is 11.4. The molecule has 0 unspecified atom stereocenters. The first-order chi connectivity index (χ1) is 11.7. The fourth-order valence-electron chi connectivity index (χ4n) is 2.24. The maximum Gasteiger partial charge on any atom is 0.156 e. The minimum Gasteiger partial charge on any atom is -0.490 e. The maximum absolute atomic E-state index is 8.74. The van der Waals surface area contributed by atoms with Gasteiger partial charge in [-0.3, -0.25) is 0 Å². The molecule has 0 saturated heterocycles. The highest BCUT2D eigenvalue weighted by Crippen LogP contribution is 2.37. The Morgan fingerprint density at radius 1 is 0.833 bits per heavy atom. The standard InChI is InChI=1S/C19H22Cl2O3/c20-17-12-16(24-14-15-8-4-3-5-9-15)13-18(21)19(17)23-11-7-2-1-6-10-22/h3-5,8-9,12-13,22H,1-2,6-7,10-11,14H2. The van der Waals surface area contributed by atoms with Gasteiger partial charge in [0.05, 0.1) is 16.7 Å². The molecule has 0 atom stereocenters. The molecule has 0 fully saturated rings. The molecule has 0 spiro atoms. The average Bonchev–Trinajstić information content (AvgIpc) is 2.59. The zero-order valence-electron chi connectivity index (χ0n) is 13.5. The van der Waals surface area contributed by atoms with Crippen molar-refractivity contribution < 1.29 is 14.6 Å². The Bertz CT molecular complexity index is 594. The van der Waals surface area contributed by atoms with Crippen LogP contribution in [0, 0.1) is 0 Å². The SMILES string of the molecule is OCCCCCCOc1c(Cl)cc(OCc2ccccc2)cc1Cl. The molecular weight excluding hydrogens is 347 g/mol. The zero-order valence-corrected chi connectivity index (χ0v) is 15.0. The molecule has 0 heterocycles. The molecule has 0 aliphatic rings. The molecule has 0 saturated carbocycles. The van der Waals surface area contributed by atoms with Gasteiger partial charge in [-0.1, -0.05) is 60.0 Å². The summed E-state index contributed by atoms with van der Waals surface area (Å²) >= 11 is 12.5. The van der Waals surface area contributed by atoms with Crippen molar-refractivity contribution in [3.63, 3.8) is 0 Å². The first kappa shape index (κ1) is 18.9. The highest BCUT2D eigenvalue weighted by Gasteiger charge is 2.10. The van der Waals surface area contributed by atoms with Gasteiger partial charge >= 0.3 is 0 Å². The van der Waals surface area contributed by atoms with Gasteiger partial charge in [-0.25, -0.2) is 0 Å². The number of halogens is 2. The van der Waals surface area contributed by atoms with Crippen LogP contribution in [0.4, 0.5) is 0 Å². The minimum atomic E-state index is 0.239. The summed E-state index contributed by atoms with van der Waals surface area (Å²) in [6.45, 7) is 1.25. The molecule has 0 aliphatic carbocycles. The van der Waals surface area contributed by atoms with Crippen molar-refractivity contribution in [2.75, 3.05) is 13.2 Å². The van der Waals surface area contributed by atoms with Crippen molar-refractivity contribution in [1.82, 2.24) is 0 Å². The zero-order chi connectivity index (χ0) is 17.2. The second kappa shape index (κ2) is 10.4. The van der Waals surface area contributed by atoms with Crippen molar-refractivity contribution in [3.8, 4) is 11.5 Å². The number of benzene rings is 2. The number of unbranched alkanes of at least 4 members (excludes halogenated alkanes) is 3. The third-order valence-electron chi connectivity index (χ3n) is 3.52. The highest BCUT2D eigenvalue weighted by molar-refractivity contribution is 6.37. The van der Waals surface area contributed by atoms with Gasteiger partial charge in [-0.05, 0) is 24.8 Å². The number of aliphatic hydroxyl groups excluding tert-OH is 1. The van der Waals surface area contributed by atoms with Crippen LogP contribution in [-0.4, -0.2) is 18.3 Å². The lowest BCUT2D eigenvalue weighted by Crippen LogP contribution is -2.00. The van der Waals surface area contributed by atoms with E-state index in [9.17, 15) is 0 Å². The Morgan fingerprint density at radius 2 is 1.50 bits per heavy atom. The molecule has 1 N–H and O–H groups in total. The third-order valence-corrected chi connectivity index (χ3v) is 4.08. The summed E-state index contributed by atoms with van der Waals surface area (Å²) in [6.07, 6.45) is 3.73. The van der Waals surface area contributed by atoms with E-state index in [2.05, 4.69) is 0 Å². The summed E-state index contributed by atoms with van der Waals surface area (Å²) in [7, 11) is 0. The number of aliphatic hydroxyl groups is 1. The number of rotatable bonds is 10. The first-order valence-electron chi connectivity index (χ1n) is 8.10. The van der Waals surface area contributed by atoms with Crippen LogP contribution in [0.5, 0.6) is 11.5 Å². The number of ether oxygens (including phenoxy) is 2. The molecule has 24 heavy (non-hydrogen) atoms. The van der Waals surface area contributed by atoms with Gasteiger partial charge in [0, 0.05) is 18.7 Å². The second-order valence-electron chi connectivity index (χ2n) is 5.48. The van der Waals surface area contributed by atoms with Gasteiger partial charge in [0.1, 0.15) is 12.4 Å². The summed E-state index contributed by atoms with van der Waals surface area (Å²) in [5.74, 6) is 1.11. The molecule has 0 aromatic heterocycles. The maximum atomic E-state index is 8.74. The summed E-state index contributed by atoms with van der Waals surface area (Å²) in [4.78, 5) is 0. The van der Waals surface area contributed by atoms with Gasteiger partial charge < -0.3 is 14.6 Å². The van der Waals surface area contributed by atoms with E-state index in [1.54, 1.807) is 12.1 Å². The van der Waals surface area contributed by atoms with Gasteiger partial charge in [0.25, 0.3) is 0 Å². The molecule has 5 heteroatoms. The quantitative estimate of drug-likeness (QED) is 0.562. The normalized spacial score (nSPS) is 10.6. The largest absolute Gasteiger partial charge is 0.490 e. The molecule has 2 aromatic carbocycles. The van der Waals surface area contributed by atoms with Crippen molar-refractivity contribution >= 4 is 23.2 Å². The van der Waals surface area contributed by atoms with Crippen LogP contribution in [0.1, 0.15) is 31.2 Å². The Balaban J connectivity index is 1.86. The molecule has 0 radical (unpaired) electrons. The monoisotopic (exact) mass is 368 g/mol. The molecule has 3 nitrogen and oxygen atoms in total. The van der Waals surface area contributed by atoms with Crippen LogP contribution in [0.2, 0.25) is 10.0 Å². The van der Waals surface area contributed by atoms with Crippen LogP contribution in [0.15, 0.2) is 42.5 Å². The van der Waals surface area contributed by atoms with Gasteiger partial charge in [-0.2, -0.15) is 0 Å². The van der Waals surface area contributed by atoms with E-state index in [4.69, 9.17) is 37.8 Å². The second-order valence-corrected chi connectivity index (χ2v) is 6.29. The average molecular weight is 369 g/mol. The van der Waals surface area contributed by atoms with Crippen LogP contribution < -0.4 is 9.47 Å². The van der Waals surface area contributed by atoms with Crippen molar-refractivity contribution in [3.05, 3.63) is 58.1 Å². The van der Waals surface area contributed by atoms with E-state index in [1.807, 2.05) is 30.3 Å². The van der Waals surface area contributed by atoms with Crippen molar-refractivity contribution in [1.29, 1.82) is 0 Å². The fraction of sp³-hybridized carbons (Fsp3) is 0.368. The van der Waals surface area contributed by atoms with E-state index < -0.39 is 0 Å².